The van der Waals surface area contributed by atoms with Crippen LogP contribution in [0.2, 0.25) is 0 Å². The summed E-state index contributed by atoms with van der Waals surface area (Å²) in [6.45, 7) is 2.11. The van der Waals surface area contributed by atoms with Crippen LogP contribution in [0, 0.1) is 6.92 Å². The van der Waals surface area contributed by atoms with E-state index in [0.717, 1.165) is 27.1 Å². The van der Waals surface area contributed by atoms with Crippen molar-refractivity contribution in [2.75, 3.05) is 0 Å². The molecule has 0 heterocycles. The van der Waals surface area contributed by atoms with Crippen molar-refractivity contribution in [2.24, 2.45) is 0 Å². The van der Waals surface area contributed by atoms with Crippen molar-refractivity contribution >= 4 is 33.6 Å². The van der Waals surface area contributed by atoms with Crippen molar-refractivity contribution in [3.05, 3.63) is 65.7 Å². The third-order valence-corrected chi connectivity index (χ3v) is 3.64. The average Bonchev–Trinajstić information content (AvgIpc) is 2.47. The molecular weight excluding hydrogens is 248 g/mol. The molecule has 0 aliphatic rings. The number of hydrogen-bond donors (Lipinski definition) is 1. The Morgan fingerprint density at radius 2 is 1.35 bits per heavy atom. The Kier molecular flexibility index (Phi) is 2.99. The summed E-state index contributed by atoms with van der Waals surface area (Å²) >= 11 is 0. The van der Waals surface area contributed by atoms with Crippen molar-refractivity contribution in [1.29, 1.82) is 0 Å². The van der Waals surface area contributed by atoms with Crippen LogP contribution in [0.4, 0.5) is 0 Å². The quantitative estimate of drug-likeness (QED) is 0.549. The standard InChI is InChI=1S/C18H14O2/c1-12-13-6-2-4-8-15(13)17(10-11-18(19)20)16-9-5-3-7-14(12)16/h2-11H,1H3,(H,19,20)/b11-10+. The van der Waals surface area contributed by atoms with E-state index in [1.807, 2.05) is 36.4 Å². The fourth-order valence-electron chi connectivity index (χ4n) is 2.71. The number of rotatable bonds is 2. The minimum atomic E-state index is -0.932. The molecule has 0 fully saturated rings. The summed E-state index contributed by atoms with van der Waals surface area (Å²) < 4.78 is 0. The molecule has 0 spiro atoms. The fraction of sp³-hybridized carbons (Fsp3) is 0.0556. The van der Waals surface area contributed by atoms with Gasteiger partial charge in [-0.3, -0.25) is 0 Å². The lowest BCUT2D eigenvalue weighted by Crippen LogP contribution is -1.90. The lowest BCUT2D eigenvalue weighted by atomic mass is 9.92. The van der Waals surface area contributed by atoms with Gasteiger partial charge in [0.25, 0.3) is 0 Å². The van der Waals surface area contributed by atoms with Gasteiger partial charge in [0, 0.05) is 6.08 Å². The molecule has 3 aromatic rings. The zero-order valence-corrected chi connectivity index (χ0v) is 11.1. The molecule has 1 N–H and O–H groups in total. The Hall–Kier alpha value is -2.61. The summed E-state index contributed by atoms with van der Waals surface area (Å²) in [5.74, 6) is -0.932. The Morgan fingerprint density at radius 1 is 0.900 bits per heavy atom. The monoisotopic (exact) mass is 262 g/mol. The first kappa shape index (κ1) is 12.4. The van der Waals surface area contributed by atoms with Crippen LogP contribution >= 0.6 is 0 Å². The van der Waals surface area contributed by atoms with Gasteiger partial charge >= 0.3 is 5.97 Å². The molecule has 0 aromatic heterocycles. The van der Waals surface area contributed by atoms with Gasteiger partial charge in [-0.15, -0.1) is 0 Å². The Bertz CT molecular complexity index is 788. The number of hydrogen-bond acceptors (Lipinski definition) is 1. The number of aliphatic carboxylic acids is 1. The highest BCUT2D eigenvalue weighted by molar-refractivity contribution is 6.10. The van der Waals surface area contributed by atoms with E-state index in [4.69, 9.17) is 5.11 Å². The second-order valence-corrected chi connectivity index (χ2v) is 4.80. The van der Waals surface area contributed by atoms with Gasteiger partial charge in [-0.1, -0.05) is 48.5 Å². The first-order chi connectivity index (χ1) is 9.68. The molecule has 2 nitrogen and oxygen atoms in total. The molecule has 20 heavy (non-hydrogen) atoms. The van der Waals surface area contributed by atoms with E-state index < -0.39 is 5.97 Å². The van der Waals surface area contributed by atoms with Gasteiger partial charge in [-0.2, -0.15) is 0 Å². The molecule has 0 amide bonds. The van der Waals surface area contributed by atoms with Gasteiger partial charge in [-0.05, 0) is 45.7 Å². The highest BCUT2D eigenvalue weighted by Gasteiger charge is 2.08. The first-order valence-electron chi connectivity index (χ1n) is 6.49. The molecule has 0 atom stereocenters. The van der Waals surface area contributed by atoms with Gasteiger partial charge in [0.15, 0.2) is 0 Å². The Morgan fingerprint density at radius 3 is 1.80 bits per heavy atom. The molecule has 3 aromatic carbocycles. The highest BCUT2D eigenvalue weighted by Crippen LogP contribution is 2.33. The minimum absolute atomic E-state index is 0.932. The topological polar surface area (TPSA) is 37.3 Å². The number of fused-ring (bicyclic) bond motifs is 2. The summed E-state index contributed by atoms with van der Waals surface area (Å²) in [4.78, 5) is 10.8. The molecule has 3 rings (SSSR count). The molecule has 0 bridgehead atoms. The zero-order chi connectivity index (χ0) is 14.1. The van der Waals surface area contributed by atoms with E-state index in [2.05, 4.69) is 19.1 Å². The number of aryl methyl sites for hydroxylation is 1. The van der Waals surface area contributed by atoms with Crippen LogP contribution < -0.4 is 0 Å². The van der Waals surface area contributed by atoms with E-state index in [9.17, 15) is 4.79 Å². The Balaban J connectivity index is 2.49. The second kappa shape index (κ2) is 4.82. The van der Waals surface area contributed by atoms with Crippen LogP contribution in [0.1, 0.15) is 11.1 Å². The van der Waals surface area contributed by atoms with Crippen molar-refractivity contribution in [3.63, 3.8) is 0 Å². The van der Waals surface area contributed by atoms with Gasteiger partial charge in [0.1, 0.15) is 0 Å². The minimum Gasteiger partial charge on any atom is -0.478 e. The Labute approximate surface area is 117 Å². The van der Waals surface area contributed by atoms with Gasteiger partial charge in [0.05, 0.1) is 0 Å². The summed E-state index contributed by atoms with van der Waals surface area (Å²) in [5.41, 5.74) is 2.19. The predicted octanol–water partition coefficient (Wildman–Crippen LogP) is 4.40. The molecule has 98 valence electrons. The molecule has 0 saturated carbocycles. The smallest absolute Gasteiger partial charge is 0.328 e. The lowest BCUT2D eigenvalue weighted by Gasteiger charge is -2.12. The third kappa shape index (κ3) is 1.95. The maximum absolute atomic E-state index is 10.8. The summed E-state index contributed by atoms with van der Waals surface area (Å²) in [7, 11) is 0. The van der Waals surface area contributed by atoms with Crippen molar-refractivity contribution in [3.8, 4) is 0 Å². The maximum Gasteiger partial charge on any atom is 0.328 e. The van der Waals surface area contributed by atoms with Crippen LogP contribution in [0.5, 0.6) is 0 Å². The van der Waals surface area contributed by atoms with Crippen LogP contribution in [-0.2, 0) is 4.79 Å². The predicted molar refractivity (Wildman–Crippen MR) is 82.9 cm³/mol. The normalized spacial score (nSPS) is 11.4. The summed E-state index contributed by atoms with van der Waals surface area (Å²) in [6, 6.07) is 16.2. The largest absolute Gasteiger partial charge is 0.478 e. The van der Waals surface area contributed by atoms with Crippen LogP contribution in [0.3, 0.4) is 0 Å². The van der Waals surface area contributed by atoms with E-state index in [0.29, 0.717) is 0 Å². The molecule has 0 saturated heterocycles. The molecule has 0 aliphatic heterocycles. The van der Waals surface area contributed by atoms with Crippen LogP contribution in [0.25, 0.3) is 27.6 Å². The van der Waals surface area contributed by atoms with Gasteiger partial charge in [0.2, 0.25) is 0 Å². The number of benzene rings is 3. The van der Waals surface area contributed by atoms with E-state index in [-0.39, 0.29) is 0 Å². The van der Waals surface area contributed by atoms with E-state index in [1.165, 1.54) is 11.6 Å². The summed E-state index contributed by atoms with van der Waals surface area (Å²) in [6.07, 6.45) is 2.88. The van der Waals surface area contributed by atoms with Crippen molar-refractivity contribution in [1.82, 2.24) is 0 Å². The fourth-order valence-corrected chi connectivity index (χ4v) is 2.71. The van der Waals surface area contributed by atoms with Gasteiger partial charge in [-0.25, -0.2) is 4.79 Å². The SMILES string of the molecule is Cc1c2ccccc2c(/C=C/C(=O)O)c2ccccc12. The molecule has 0 unspecified atom stereocenters. The first-order valence-corrected chi connectivity index (χ1v) is 6.49. The van der Waals surface area contributed by atoms with E-state index >= 15 is 0 Å². The van der Waals surface area contributed by atoms with Crippen LogP contribution in [0.15, 0.2) is 54.6 Å². The zero-order valence-electron chi connectivity index (χ0n) is 11.1. The maximum atomic E-state index is 10.8. The molecule has 0 radical (unpaired) electrons. The third-order valence-electron chi connectivity index (χ3n) is 3.64. The molecular formula is C18H14O2. The van der Waals surface area contributed by atoms with Crippen LogP contribution in [-0.4, -0.2) is 11.1 Å². The van der Waals surface area contributed by atoms with E-state index in [1.54, 1.807) is 6.08 Å². The molecule has 0 aliphatic carbocycles. The van der Waals surface area contributed by atoms with Crippen molar-refractivity contribution < 1.29 is 9.90 Å². The van der Waals surface area contributed by atoms with Crippen molar-refractivity contribution in [2.45, 2.75) is 6.92 Å². The average molecular weight is 262 g/mol. The summed E-state index contributed by atoms with van der Waals surface area (Å²) in [5, 5.41) is 13.4. The number of carbonyl (C=O) groups is 1. The van der Waals surface area contributed by atoms with Gasteiger partial charge < -0.3 is 5.11 Å². The second-order valence-electron chi connectivity index (χ2n) is 4.80. The highest BCUT2D eigenvalue weighted by atomic mass is 16.4. The number of carboxylic acid groups (broad SMARTS) is 1. The number of carboxylic acids is 1. The molecule has 2 heteroatoms. The lowest BCUT2D eigenvalue weighted by molar-refractivity contribution is -0.131.